The number of halogens is 1. The lowest BCUT2D eigenvalue weighted by Crippen LogP contribution is -2.38. The van der Waals surface area contributed by atoms with Gasteiger partial charge >= 0.3 is 5.97 Å². The van der Waals surface area contributed by atoms with E-state index in [1.165, 1.54) is 12.0 Å². The van der Waals surface area contributed by atoms with Crippen molar-refractivity contribution < 1.29 is 19.4 Å². The number of methoxy groups -OCH3 is 1. The van der Waals surface area contributed by atoms with Gasteiger partial charge in [0.15, 0.2) is 0 Å². The minimum absolute atomic E-state index is 0.174. The first-order valence-electron chi connectivity index (χ1n) is 6.26. The fraction of sp³-hybridized carbons (Fsp3) is 0.429. The average molecular weight is 344 g/mol. The van der Waals surface area contributed by atoms with Crippen molar-refractivity contribution in [1.29, 1.82) is 0 Å². The minimum atomic E-state index is -1.02. The Morgan fingerprint density at radius 1 is 1.30 bits per heavy atom. The molecule has 5 nitrogen and oxygen atoms in total. The fourth-order valence-electron chi connectivity index (χ4n) is 1.72. The number of nitrogens with zero attached hydrogens (tertiary/aromatic N) is 1. The molecular weight excluding hydrogens is 326 g/mol. The summed E-state index contributed by atoms with van der Waals surface area (Å²) in [5.41, 5.74) is 1.04. The number of carbonyl (C=O) groups is 2. The molecule has 1 aromatic rings. The van der Waals surface area contributed by atoms with Crippen LogP contribution in [0.15, 0.2) is 28.7 Å². The van der Waals surface area contributed by atoms with Gasteiger partial charge in [-0.15, -0.1) is 0 Å². The van der Waals surface area contributed by atoms with Crippen molar-refractivity contribution in [3.8, 4) is 0 Å². The van der Waals surface area contributed by atoms with Gasteiger partial charge in [-0.05, 0) is 24.1 Å². The van der Waals surface area contributed by atoms with Crippen LogP contribution in [-0.2, 0) is 20.7 Å². The Bertz CT molecular complexity index is 447. The van der Waals surface area contributed by atoms with Crippen LogP contribution in [0, 0.1) is 0 Å². The van der Waals surface area contributed by atoms with Crippen molar-refractivity contribution in [2.75, 3.05) is 26.8 Å². The van der Waals surface area contributed by atoms with Crippen LogP contribution in [0.2, 0.25) is 0 Å². The summed E-state index contributed by atoms with van der Waals surface area (Å²) in [4.78, 5) is 24.1. The van der Waals surface area contributed by atoms with E-state index in [1.807, 2.05) is 24.3 Å². The second-order valence-electron chi connectivity index (χ2n) is 4.33. The van der Waals surface area contributed by atoms with E-state index in [0.29, 0.717) is 26.0 Å². The van der Waals surface area contributed by atoms with Crippen LogP contribution in [-0.4, -0.2) is 48.7 Å². The zero-order valence-electron chi connectivity index (χ0n) is 11.3. The number of carboxylic acids is 1. The summed E-state index contributed by atoms with van der Waals surface area (Å²) in [6, 6.07) is 7.71. The van der Waals surface area contributed by atoms with E-state index < -0.39 is 5.97 Å². The first-order chi connectivity index (χ1) is 9.52. The van der Waals surface area contributed by atoms with Gasteiger partial charge in [0, 0.05) is 24.5 Å². The normalized spacial score (nSPS) is 10.3. The molecule has 0 bridgehead atoms. The molecule has 6 heteroatoms. The van der Waals surface area contributed by atoms with Crippen molar-refractivity contribution in [3.63, 3.8) is 0 Å². The first-order valence-corrected chi connectivity index (χ1v) is 7.05. The quantitative estimate of drug-likeness (QED) is 0.783. The van der Waals surface area contributed by atoms with Crippen LogP contribution in [0.5, 0.6) is 0 Å². The van der Waals surface area contributed by atoms with Crippen LogP contribution in [0.3, 0.4) is 0 Å². The summed E-state index contributed by atoms with van der Waals surface area (Å²) in [6.45, 7) is 0.335. The second-order valence-corrected chi connectivity index (χ2v) is 5.24. The van der Waals surface area contributed by atoms with Crippen LogP contribution < -0.4 is 0 Å². The highest BCUT2D eigenvalue weighted by Crippen LogP contribution is 2.12. The smallest absolute Gasteiger partial charge is 0.323 e. The summed E-state index contributed by atoms with van der Waals surface area (Å²) in [7, 11) is 1.52. The maximum absolute atomic E-state index is 12.0. The zero-order chi connectivity index (χ0) is 15.0. The Balaban J connectivity index is 2.51. The average Bonchev–Trinajstić information content (AvgIpc) is 2.42. The molecule has 0 saturated carbocycles. The molecular formula is C14H18BrNO4. The van der Waals surface area contributed by atoms with Crippen molar-refractivity contribution in [3.05, 3.63) is 34.3 Å². The highest BCUT2D eigenvalue weighted by atomic mass is 79.9. The number of rotatable bonds is 8. The number of carboxylic acid groups (broad SMARTS) is 1. The van der Waals surface area contributed by atoms with Gasteiger partial charge in [-0.2, -0.15) is 0 Å². The number of benzene rings is 1. The molecule has 0 heterocycles. The Labute approximate surface area is 126 Å². The molecule has 0 saturated heterocycles. The number of aliphatic carboxylic acids is 1. The number of carbonyl (C=O) groups excluding carboxylic acids is 1. The predicted molar refractivity (Wildman–Crippen MR) is 78.6 cm³/mol. The van der Waals surface area contributed by atoms with Crippen LogP contribution in [0.25, 0.3) is 0 Å². The molecule has 0 atom stereocenters. The van der Waals surface area contributed by atoms with E-state index in [-0.39, 0.29) is 12.5 Å². The van der Waals surface area contributed by atoms with Crippen molar-refractivity contribution >= 4 is 27.8 Å². The molecule has 110 valence electrons. The first kappa shape index (κ1) is 16.7. The largest absolute Gasteiger partial charge is 0.480 e. The van der Waals surface area contributed by atoms with Crippen LogP contribution in [0.1, 0.15) is 12.0 Å². The van der Waals surface area contributed by atoms with E-state index in [2.05, 4.69) is 15.9 Å². The topological polar surface area (TPSA) is 66.8 Å². The monoisotopic (exact) mass is 343 g/mol. The van der Waals surface area contributed by atoms with E-state index in [0.717, 1.165) is 10.0 Å². The lowest BCUT2D eigenvalue weighted by Gasteiger charge is -2.20. The standard InChI is InChI=1S/C14H18BrNO4/c1-20-9-8-16(10-14(18)19)13(17)7-4-11-2-5-12(15)6-3-11/h2-3,5-6H,4,7-10H2,1H3,(H,18,19). The maximum atomic E-state index is 12.0. The Morgan fingerprint density at radius 3 is 2.50 bits per heavy atom. The van der Waals surface area contributed by atoms with Gasteiger partial charge in [-0.3, -0.25) is 9.59 Å². The van der Waals surface area contributed by atoms with E-state index >= 15 is 0 Å². The van der Waals surface area contributed by atoms with Gasteiger partial charge in [0.1, 0.15) is 6.54 Å². The highest BCUT2D eigenvalue weighted by molar-refractivity contribution is 9.10. The molecule has 0 fully saturated rings. The minimum Gasteiger partial charge on any atom is -0.480 e. The molecule has 0 unspecified atom stereocenters. The molecule has 1 amide bonds. The van der Waals surface area contributed by atoms with E-state index in [1.54, 1.807) is 0 Å². The maximum Gasteiger partial charge on any atom is 0.323 e. The Kier molecular flexibility index (Phi) is 7.25. The summed E-state index contributed by atoms with van der Waals surface area (Å²) in [5, 5.41) is 8.81. The third-order valence-corrected chi connectivity index (χ3v) is 3.31. The molecule has 1 rings (SSSR count). The number of amides is 1. The summed E-state index contributed by atoms with van der Waals surface area (Å²) in [5.74, 6) is -1.19. The van der Waals surface area contributed by atoms with E-state index in [9.17, 15) is 9.59 Å². The molecule has 0 aliphatic rings. The molecule has 0 aromatic heterocycles. The van der Waals surface area contributed by atoms with Gasteiger partial charge < -0.3 is 14.7 Å². The highest BCUT2D eigenvalue weighted by Gasteiger charge is 2.16. The Hall–Kier alpha value is -1.40. The molecule has 20 heavy (non-hydrogen) atoms. The number of aryl methyl sites for hydroxylation is 1. The van der Waals surface area contributed by atoms with Crippen molar-refractivity contribution in [2.24, 2.45) is 0 Å². The summed E-state index contributed by atoms with van der Waals surface area (Å²) >= 11 is 3.35. The van der Waals surface area contributed by atoms with Gasteiger partial charge in [-0.25, -0.2) is 0 Å². The lowest BCUT2D eigenvalue weighted by molar-refractivity contribution is -0.144. The third-order valence-electron chi connectivity index (χ3n) is 2.78. The SMILES string of the molecule is COCCN(CC(=O)O)C(=O)CCc1ccc(Br)cc1. The van der Waals surface area contributed by atoms with E-state index in [4.69, 9.17) is 9.84 Å². The molecule has 0 aliphatic heterocycles. The number of hydrogen-bond donors (Lipinski definition) is 1. The summed E-state index contributed by atoms with van der Waals surface area (Å²) < 4.78 is 5.87. The van der Waals surface area contributed by atoms with Crippen molar-refractivity contribution in [2.45, 2.75) is 12.8 Å². The number of ether oxygens (including phenoxy) is 1. The van der Waals surface area contributed by atoms with Crippen molar-refractivity contribution in [1.82, 2.24) is 4.90 Å². The number of hydrogen-bond acceptors (Lipinski definition) is 3. The molecule has 1 aromatic carbocycles. The van der Waals surface area contributed by atoms with Crippen LogP contribution in [0.4, 0.5) is 0 Å². The third kappa shape index (κ3) is 6.16. The Morgan fingerprint density at radius 2 is 1.95 bits per heavy atom. The van der Waals surface area contributed by atoms with Crippen LogP contribution >= 0.6 is 15.9 Å². The predicted octanol–water partition coefficient (Wildman–Crippen LogP) is 1.94. The zero-order valence-corrected chi connectivity index (χ0v) is 12.9. The van der Waals surface area contributed by atoms with Gasteiger partial charge in [0.25, 0.3) is 0 Å². The second kappa shape index (κ2) is 8.71. The molecule has 1 N–H and O–H groups in total. The lowest BCUT2D eigenvalue weighted by atomic mass is 10.1. The van der Waals surface area contributed by atoms with Gasteiger partial charge in [0.05, 0.1) is 6.61 Å². The van der Waals surface area contributed by atoms with Gasteiger partial charge in [0.2, 0.25) is 5.91 Å². The molecule has 0 spiro atoms. The molecule has 0 aliphatic carbocycles. The fourth-order valence-corrected chi connectivity index (χ4v) is 1.98. The molecule has 0 radical (unpaired) electrons. The van der Waals surface area contributed by atoms with Gasteiger partial charge in [-0.1, -0.05) is 28.1 Å². The summed E-state index contributed by atoms with van der Waals surface area (Å²) in [6.07, 6.45) is 0.883.